The van der Waals surface area contributed by atoms with Gasteiger partial charge in [-0.25, -0.2) is 4.39 Å². The maximum atomic E-state index is 14.1. The molecule has 1 heterocycles. The van der Waals surface area contributed by atoms with E-state index in [1.54, 1.807) is 6.07 Å². The van der Waals surface area contributed by atoms with Crippen LogP contribution in [0.25, 0.3) is 0 Å². The van der Waals surface area contributed by atoms with E-state index in [0.29, 0.717) is 12.6 Å². The number of rotatable bonds is 6. The zero-order chi connectivity index (χ0) is 14.5. The molecule has 0 radical (unpaired) electrons. The lowest BCUT2D eigenvalue weighted by atomic mass is 10.1. The molecule has 0 spiro atoms. The summed E-state index contributed by atoms with van der Waals surface area (Å²) in [5.74, 6) is -0.135. The number of nitrogens with one attached hydrogen (secondary N) is 1. The molecule has 2 atom stereocenters. The van der Waals surface area contributed by atoms with Gasteiger partial charge in [-0.05, 0) is 38.4 Å². The Hall–Kier alpha value is -1.13. The summed E-state index contributed by atoms with van der Waals surface area (Å²) in [6.07, 6.45) is 2.24. The maximum absolute atomic E-state index is 14.1. The van der Waals surface area contributed by atoms with Gasteiger partial charge in [0.1, 0.15) is 5.82 Å². The van der Waals surface area contributed by atoms with E-state index in [2.05, 4.69) is 24.1 Å². The number of nitrogens with zero attached hydrogens (tertiary/aromatic N) is 1. The first-order valence-corrected chi connectivity index (χ1v) is 7.47. The molecule has 1 saturated heterocycles. The van der Waals surface area contributed by atoms with Crippen LogP contribution in [0.2, 0.25) is 0 Å². The Morgan fingerprint density at radius 1 is 1.45 bits per heavy atom. The summed E-state index contributed by atoms with van der Waals surface area (Å²) in [5, 5.41) is 3.29. The summed E-state index contributed by atoms with van der Waals surface area (Å²) < 4.78 is 19.7. The number of hydrogen-bond acceptors (Lipinski definition) is 3. The van der Waals surface area contributed by atoms with Crippen LogP contribution >= 0.6 is 0 Å². The minimum atomic E-state index is -0.135. The number of likely N-dealkylation sites (N-methyl/N-ethyl adjacent to an activating group) is 1. The fourth-order valence-corrected chi connectivity index (χ4v) is 2.85. The van der Waals surface area contributed by atoms with E-state index in [-0.39, 0.29) is 11.9 Å². The topological polar surface area (TPSA) is 24.5 Å². The lowest BCUT2D eigenvalue weighted by molar-refractivity contribution is 0.118. The predicted octanol–water partition coefficient (Wildman–Crippen LogP) is 2.94. The Morgan fingerprint density at radius 3 is 2.90 bits per heavy atom. The summed E-state index contributed by atoms with van der Waals surface area (Å²) >= 11 is 0. The highest BCUT2D eigenvalue weighted by Gasteiger charge is 2.29. The zero-order valence-corrected chi connectivity index (χ0v) is 12.7. The van der Waals surface area contributed by atoms with Gasteiger partial charge in [0.15, 0.2) is 0 Å². The van der Waals surface area contributed by atoms with E-state index in [1.165, 1.54) is 6.07 Å². The Labute approximate surface area is 121 Å². The Balaban J connectivity index is 2.19. The van der Waals surface area contributed by atoms with E-state index in [4.69, 9.17) is 4.74 Å². The molecule has 2 unspecified atom stereocenters. The Morgan fingerprint density at radius 2 is 2.25 bits per heavy atom. The van der Waals surface area contributed by atoms with Crippen LogP contribution in [0, 0.1) is 5.82 Å². The zero-order valence-electron chi connectivity index (χ0n) is 12.7. The Kier molecular flexibility index (Phi) is 5.38. The average Bonchev–Trinajstić information content (AvgIpc) is 2.86. The third-order valence-corrected chi connectivity index (χ3v) is 4.04. The van der Waals surface area contributed by atoms with E-state index in [1.807, 2.05) is 13.1 Å². The molecule has 0 aliphatic carbocycles. The molecular formula is C16H25FN2O. The van der Waals surface area contributed by atoms with Crippen molar-refractivity contribution in [3.63, 3.8) is 0 Å². The molecule has 2 rings (SSSR count). The second kappa shape index (κ2) is 7.04. The van der Waals surface area contributed by atoms with E-state index < -0.39 is 0 Å². The van der Waals surface area contributed by atoms with Gasteiger partial charge in [-0.15, -0.1) is 0 Å². The lowest BCUT2D eigenvalue weighted by Crippen LogP contribution is -2.37. The molecule has 20 heavy (non-hydrogen) atoms. The minimum absolute atomic E-state index is 0.135. The summed E-state index contributed by atoms with van der Waals surface area (Å²) in [5.41, 5.74) is 1.72. The second-order valence-electron chi connectivity index (χ2n) is 5.46. The number of anilines is 1. The van der Waals surface area contributed by atoms with Gasteiger partial charge >= 0.3 is 0 Å². The van der Waals surface area contributed by atoms with Crippen molar-refractivity contribution in [1.82, 2.24) is 5.32 Å². The highest BCUT2D eigenvalue weighted by molar-refractivity contribution is 5.54. The molecule has 1 aliphatic rings. The van der Waals surface area contributed by atoms with Gasteiger partial charge < -0.3 is 15.0 Å². The first-order valence-electron chi connectivity index (χ1n) is 7.47. The van der Waals surface area contributed by atoms with Gasteiger partial charge in [0.05, 0.1) is 12.1 Å². The van der Waals surface area contributed by atoms with Crippen molar-refractivity contribution in [3.8, 4) is 0 Å². The van der Waals surface area contributed by atoms with Crippen molar-refractivity contribution in [3.05, 3.63) is 29.6 Å². The molecule has 1 aromatic rings. The SMILES string of the molecule is CCCNCc1c(F)cccc1N(C)C1CCOC1C. The molecule has 1 aliphatic heterocycles. The molecule has 0 saturated carbocycles. The molecule has 1 fully saturated rings. The minimum Gasteiger partial charge on any atom is -0.376 e. The van der Waals surface area contributed by atoms with E-state index >= 15 is 0 Å². The summed E-state index contributed by atoms with van der Waals surface area (Å²) in [4.78, 5) is 2.17. The third-order valence-electron chi connectivity index (χ3n) is 4.04. The number of benzene rings is 1. The quantitative estimate of drug-likeness (QED) is 0.811. The molecule has 3 nitrogen and oxygen atoms in total. The standard InChI is InChI=1S/C16H25FN2O/c1-4-9-18-11-13-14(17)6-5-7-16(13)19(3)15-8-10-20-12(15)2/h5-7,12,15,18H,4,8-11H2,1-3H3. The molecular weight excluding hydrogens is 255 g/mol. The number of ether oxygens (including phenoxy) is 1. The van der Waals surface area contributed by atoms with Crippen molar-refractivity contribution in [2.24, 2.45) is 0 Å². The monoisotopic (exact) mass is 280 g/mol. The molecule has 1 N–H and O–H groups in total. The van der Waals surface area contributed by atoms with Crippen molar-refractivity contribution in [2.75, 3.05) is 25.1 Å². The van der Waals surface area contributed by atoms with Crippen molar-refractivity contribution in [2.45, 2.75) is 45.4 Å². The first-order chi connectivity index (χ1) is 9.65. The van der Waals surface area contributed by atoms with E-state index in [0.717, 1.165) is 37.2 Å². The Bertz CT molecular complexity index is 438. The summed E-state index contributed by atoms with van der Waals surface area (Å²) in [6, 6.07) is 5.64. The van der Waals surface area contributed by atoms with Gasteiger partial charge in [0.2, 0.25) is 0 Å². The summed E-state index contributed by atoms with van der Waals surface area (Å²) in [6.45, 7) is 6.46. The molecule has 112 valence electrons. The van der Waals surface area contributed by atoms with Crippen LogP contribution in [0.1, 0.15) is 32.3 Å². The predicted molar refractivity (Wildman–Crippen MR) is 80.6 cm³/mol. The normalized spacial score (nSPS) is 22.2. The molecule has 1 aromatic carbocycles. The van der Waals surface area contributed by atoms with Crippen LogP contribution in [0.4, 0.5) is 10.1 Å². The molecule has 0 aromatic heterocycles. The van der Waals surface area contributed by atoms with Gasteiger partial charge in [-0.3, -0.25) is 0 Å². The van der Waals surface area contributed by atoms with Crippen LogP contribution in [-0.4, -0.2) is 32.3 Å². The number of halogens is 1. The summed E-state index contributed by atoms with van der Waals surface area (Å²) in [7, 11) is 2.04. The smallest absolute Gasteiger partial charge is 0.129 e. The fraction of sp³-hybridized carbons (Fsp3) is 0.625. The van der Waals surface area contributed by atoms with Gasteiger partial charge in [0.25, 0.3) is 0 Å². The molecule has 0 amide bonds. The highest BCUT2D eigenvalue weighted by Crippen LogP contribution is 2.28. The largest absolute Gasteiger partial charge is 0.376 e. The van der Waals surface area contributed by atoms with Crippen LogP contribution in [0.3, 0.4) is 0 Å². The van der Waals surface area contributed by atoms with Crippen LogP contribution in [-0.2, 0) is 11.3 Å². The number of hydrogen-bond donors (Lipinski definition) is 1. The van der Waals surface area contributed by atoms with Gasteiger partial charge in [0, 0.05) is 31.5 Å². The van der Waals surface area contributed by atoms with Crippen molar-refractivity contribution < 1.29 is 9.13 Å². The molecule has 4 heteroatoms. The van der Waals surface area contributed by atoms with Crippen LogP contribution in [0.5, 0.6) is 0 Å². The van der Waals surface area contributed by atoms with Crippen LogP contribution < -0.4 is 10.2 Å². The van der Waals surface area contributed by atoms with Crippen molar-refractivity contribution in [1.29, 1.82) is 0 Å². The third kappa shape index (κ3) is 3.30. The maximum Gasteiger partial charge on any atom is 0.129 e. The second-order valence-corrected chi connectivity index (χ2v) is 5.46. The average molecular weight is 280 g/mol. The lowest BCUT2D eigenvalue weighted by Gasteiger charge is -2.30. The van der Waals surface area contributed by atoms with Gasteiger partial charge in [-0.2, -0.15) is 0 Å². The van der Waals surface area contributed by atoms with Crippen LogP contribution in [0.15, 0.2) is 18.2 Å². The first kappa shape index (κ1) is 15.3. The molecule has 0 bridgehead atoms. The van der Waals surface area contributed by atoms with Crippen molar-refractivity contribution >= 4 is 5.69 Å². The van der Waals surface area contributed by atoms with Gasteiger partial charge in [-0.1, -0.05) is 13.0 Å². The fourth-order valence-electron chi connectivity index (χ4n) is 2.85. The highest BCUT2D eigenvalue weighted by atomic mass is 19.1. The van der Waals surface area contributed by atoms with E-state index in [9.17, 15) is 4.39 Å².